The number of methoxy groups -OCH3 is 1. The molecule has 194 valence electrons. The van der Waals surface area contributed by atoms with Gasteiger partial charge in [-0.15, -0.1) is 0 Å². The van der Waals surface area contributed by atoms with Crippen molar-refractivity contribution in [2.45, 2.75) is 76.8 Å². The zero-order valence-corrected chi connectivity index (χ0v) is 21.0. The number of hydrogen-bond donors (Lipinski definition) is 2. The molecule has 1 aliphatic heterocycles. The number of carbonyl (C=O) groups excluding carboxylic acids is 4. The van der Waals surface area contributed by atoms with E-state index in [-0.39, 0.29) is 18.2 Å². The summed E-state index contributed by atoms with van der Waals surface area (Å²) in [5.41, 5.74) is 6.56. The van der Waals surface area contributed by atoms with E-state index in [2.05, 4.69) is 5.32 Å². The van der Waals surface area contributed by atoms with Gasteiger partial charge in [0, 0.05) is 19.5 Å². The number of piperidine rings is 1. The standard InChI is InChI=1S/C26H39N3O6/c1-18(2)23(27)24(31)28-16-10-5-8-15-21(30)35-26(33)29-17-11-9-14-20(29)22(25(32)34-3)19-12-6-4-7-13-19/h4,6-7,12-13,18,20,22-23H,5,8-11,14-17,27H2,1-3H3,(H,28,31)/t20?,22?,23-/m0/s1. The molecule has 3 atom stereocenters. The molecule has 0 aromatic heterocycles. The highest BCUT2D eigenvalue weighted by Crippen LogP contribution is 2.32. The first-order valence-corrected chi connectivity index (χ1v) is 12.4. The summed E-state index contributed by atoms with van der Waals surface area (Å²) < 4.78 is 10.2. The highest BCUT2D eigenvalue weighted by atomic mass is 16.6. The van der Waals surface area contributed by atoms with Gasteiger partial charge in [0.2, 0.25) is 5.91 Å². The van der Waals surface area contributed by atoms with Gasteiger partial charge in [-0.05, 0) is 43.6 Å². The van der Waals surface area contributed by atoms with Crippen molar-refractivity contribution in [2.75, 3.05) is 20.2 Å². The van der Waals surface area contributed by atoms with Crippen molar-refractivity contribution in [3.05, 3.63) is 35.9 Å². The van der Waals surface area contributed by atoms with E-state index in [0.29, 0.717) is 38.8 Å². The molecule has 2 amide bonds. The van der Waals surface area contributed by atoms with E-state index in [1.165, 1.54) is 12.0 Å². The van der Waals surface area contributed by atoms with Gasteiger partial charge in [-0.1, -0.05) is 50.6 Å². The summed E-state index contributed by atoms with van der Waals surface area (Å²) in [5.74, 6) is -1.78. The lowest BCUT2D eigenvalue weighted by Crippen LogP contribution is -2.49. The second-order valence-electron chi connectivity index (χ2n) is 9.28. The lowest BCUT2D eigenvalue weighted by Gasteiger charge is -2.38. The summed E-state index contributed by atoms with van der Waals surface area (Å²) in [5, 5.41) is 2.79. The number of rotatable bonds is 11. The first-order valence-electron chi connectivity index (χ1n) is 12.4. The van der Waals surface area contributed by atoms with Crippen LogP contribution >= 0.6 is 0 Å². The van der Waals surface area contributed by atoms with Crippen LogP contribution in [-0.4, -0.2) is 61.1 Å². The molecular formula is C26H39N3O6. The van der Waals surface area contributed by atoms with Crippen molar-refractivity contribution in [2.24, 2.45) is 11.7 Å². The molecule has 0 saturated carbocycles. The molecule has 35 heavy (non-hydrogen) atoms. The van der Waals surface area contributed by atoms with Gasteiger partial charge in [-0.3, -0.25) is 14.4 Å². The van der Waals surface area contributed by atoms with Crippen molar-refractivity contribution >= 4 is 23.9 Å². The molecule has 1 heterocycles. The van der Waals surface area contributed by atoms with Crippen LogP contribution in [0.4, 0.5) is 4.79 Å². The predicted molar refractivity (Wildman–Crippen MR) is 131 cm³/mol. The first-order chi connectivity index (χ1) is 16.8. The number of esters is 2. The van der Waals surface area contributed by atoms with E-state index in [1.807, 2.05) is 44.2 Å². The van der Waals surface area contributed by atoms with Gasteiger partial charge in [-0.25, -0.2) is 4.79 Å². The number of nitrogens with one attached hydrogen (secondary N) is 1. The fraction of sp³-hybridized carbons (Fsp3) is 0.615. The number of benzene rings is 1. The second-order valence-corrected chi connectivity index (χ2v) is 9.28. The molecule has 2 rings (SSSR count). The summed E-state index contributed by atoms with van der Waals surface area (Å²) >= 11 is 0. The lowest BCUT2D eigenvalue weighted by molar-refractivity contribution is -0.144. The number of nitrogens with two attached hydrogens (primary N) is 1. The monoisotopic (exact) mass is 489 g/mol. The number of amides is 2. The minimum absolute atomic E-state index is 0.0670. The molecule has 1 aromatic rings. The van der Waals surface area contributed by atoms with Crippen LogP contribution in [0.3, 0.4) is 0 Å². The third kappa shape index (κ3) is 8.65. The Bertz CT molecular complexity index is 845. The molecule has 1 saturated heterocycles. The number of ether oxygens (including phenoxy) is 2. The number of unbranched alkanes of at least 4 members (excludes halogenated alkanes) is 2. The molecule has 9 nitrogen and oxygen atoms in total. The summed E-state index contributed by atoms with van der Waals surface area (Å²) in [7, 11) is 1.33. The van der Waals surface area contributed by atoms with E-state index in [9.17, 15) is 19.2 Å². The van der Waals surface area contributed by atoms with Crippen LogP contribution < -0.4 is 11.1 Å². The molecule has 1 aromatic carbocycles. The van der Waals surface area contributed by atoms with E-state index in [0.717, 1.165) is 18.4 Å². The summed E-state index contributed by atoms with van der Waals surface area (Å²) in [6.07, 6.45) is 3.56. The maximum atomic E-state index is 12.9. The number of likely N-dealkylation sites (tertiary alicyclic amines) is 1. The Hall–Kier alpha value is -2.94. The zero-order valence-electron chi connectivity index (χ0n) is 21.0. The van der Waals surface area contributed by atoms with E-state index >= 15 is 0 Å². The van der Waals surface area contributed by atoms with Crippen LogP contribution in [0.5, 0.6) is 0 Å². The Balaban J connectivity index is 1.84. The van der Waals surface area contributed by atoms with Gasteiger partial charge in [0.15, 0.2) is 0 Å². The average Bonchev–Trinajstić information content (AvgIpc) is 2.86. The molecule has 2 unspecified atom stereocenters. The molecular weight excluding hydrogens is 450 g/mol. The quantitative estimate of drug-likeness (QED) is 0.278. The van der Waals surface area contributed by atoms with Gasteiger partial charge in [0.05, 0.1) is 19.2 Å². The smallest absolute Gasteiger partial charge is 0.417 e. The Morgan fingerprint density at radius 3 is 2.46 bits per heavy atom. The largest absolute Gasteiger partial charge is 0.468 e. The highest BCUT2D eigenvalue weighted by Gasteiger charge is 2.39. The Kier molecular flexibility index (Phi) is 11.7. The van der Waals surface area contributed by atoms with Crippen molar-refractivity contribution in [3.8, 4) is 0 Å². The fourth-order valence-corrected chi connectivity index (χ4v) is 4.24. The second kappa shape index (κ2) is 14.5. The normalized spacial score (nSPS) is 17.4. The summed E-state index contributed by atoms with van der Waals surface area (Å²) in [6, 6.07) is 8.23. The molecule has 9 heteroatoms. The van der Waals surface area contributed by atoms with Gasteiger partial charge >= 0.3 is 18.0 Å². The topological polar surface area (TPSA) is 128 Å². The SMILES string of the molecule is COC(=O)C(c1ccccc1)C1CCCCN1C(=O)OC(=O)CCCCCNC(=O)[C@@H](N)C(C)C. The van der Waals surface area contributed by atoms with Crippen LogP contribution in [0.25, 0.3) is 0 Å². The molecule has 1 aliphatic rings. The molecule has 0 aliphatic carbocycles. The van der Waals surface area contributed by atoms with E-state index < -0.39 is 36.0 Å². The van der Waals surface area contributed by atoms with Gasteiger partial charge in [-0.2, -0.15) is 0 Å². The predicted octanol–water partition coefficient (Wildman–Crippen LogP) is 3.12. The fourth-order valence-electron chi connectivity index (χ4n) is 4.24. The van der Waals surface area contributed by atoms with Crippen LogP contribution in [0.1, 0.15) is 70.3 Å². The van der Waals surface area contributed by atoms with Crippen molar-refractivity contribution in [3.63, 3.8) is 0 Å². The first kappa shape index (κ1) is 28.3. The average molecular weight is 490 g/mol. The molecule has 1 fully saturated rings. The molecule has 0 radical (unpaired) electrons. The molecule has 0 spiro atoms. The summed E-state index contributed by atoms with van der Waals surface area (Å²) in [6.45, 7) is 4.67. The third-order valence-corrected chi connectivity index (χ3v) is 6.36. The number of carbonyl (C=O) groups is 4. The van der Waals surface area contributed by atoms with Crippen molar-refractivity contribution in [1.82, 2.24) is 10.2 Å². The van der Waals surface area contributed by atoms with Crippen LogP contribution in [0, 0.1) is 5.92 Å². The molecule has 3 N–H and O–H groups in total. The minimum Gasteiger partial charge on any atom is -0.468 e. The maximum Gasteiger partial charge on any atom is 0.417 e. The van der Waals surface area contributed by atoms with Gasteiger partial charge in [0.1, 0.15) is 5.92 Å². The Labute approximate surface area is 207 Å². The van der Waals surface area contributed by atoms with Crippen LogP contribution in [-0.2, 0) is 23.9 Å². The number of hydrogen-bond acceptors (Lipinski definition) is 7. The summed E-state index contributed by atoms with van der Waals surface area (Å²) in [4.78, 5) is 51.1. The lowest BCUT2D eigenvalue weighted by atomic mass is 9.85. The Morgan fingerprint density at radius 1 is 1.09 bits per heavy atom. The number of nitrogens with zero attached hydrogens (tertiary/aromatic N) is 1. The maximum absolute atomic E-state index is 12.9. The van der Waals surface area contributed by atoms with Crippen molar-refractivity contribution < 1.29 is 28.7 Å². The van der Waals surface area contributed by atoms with Gasteiger partial charge < -0.3 is 25.4 Å². The van der Waals surface area contributed by atoms with Crippen LogP contribution in [0.2, 0.25) is 0 Å². The van der Waals surface area contributed by atoms with Crippen molar-refractivity contribution in [1.29, 1.82) is 0 Å². The Morgan fingerprint density at radius 2 is 1.80 bits per heavy atom. The third-order valence-electron chi connectivity index (χ3n) is 6.36. The van der Waals surface area contributed by atoms with E-state index in [1.54, 1.807) is 0 Å². The highest BCUT2D eigenvalue weighted by molar-refractivity contribution is 5.86. The molecule has 0 bridgehead atoms. The zero-order chi connectivity index (χ0) is 25.8. The minimum atomic E-state index is -0.723. The van der Waals surface area contributed by atoms with Gasteiger partial charge in [0.25, 0.3) is 0 Å². The van der Waals surface area contributed by atoms with Crippen LogP contribution in [0.15, 0.2) is 30.3 Å². The van der Waals surface area contributed by atoms with E-state index in [4.69, 9.17) is 15.2 Å².